The number of piperidine rings is 1. The largest absolute Gasteiger partial charge is 0.333 e. The fourth-order valence-electron chi connectivity index (χ4n) is 3.10. The van der Waals surface area contributed by atoms with E-state index in [1.54, 1.807) is 11.3 Å². The van der Waals surface area contributed by atoms with Crippen molar-refractivity contribution in [3.05, 3.63) is 45.2 Å². The molecule has 1 fully saturated rings. The molecule has 0 bridgehead atoms. The highest BCUT2D eigenvalue weighted by Crippen LogP contribution is 2.22. The lowest BCUT2D eigenvalue weighted by atomic mass is 10.1. The van der Waals surface area contributed by atoms with E-state index in [-0.39, 0.29) is 0 Å². The standard InChI is InChI=1S/C18H22N4OS2/c1-2-6-22(7-3-1)12-14-9-15(25-13-14)10-19-11-17-20-18(23-21-17)16-5-4-8-24-16/h4-5,8-9,13,19H,1-3,6-7,10-12H2. The fourth-order valence-corrected chi connectivity index (χ4v) is 4.60. The topological polar surface area (TPSA) is 54.2 Å². The zero-order valence-corrected chi connectivity index (χ0v) is 15.7. The Bertz CT molecular complexity index is 775. The van der Waals surface area contributed by atoms with E-state index in [9.17, 15) is 0 Å². The molecular formula is C18H22N4OS2. The van der Waals surface area contributed by atoms with Crippen LogP contribution in [0.25, 0.3) is 10.8 Å². The number of aromatic nitrogens is 2. The summed E-state index contributed by atoms with van der Waals surface area (Å²) in [6.07, 6.45) is 4.08. The molecule has 7 heteroatoms. The Balaban J connectivity index is 1.25. The van der Waals surface area contributed by atoms with Crippen LogP contribution >= 0.6 is 22.7 Å². The van der Waals surface area contributed by atoms with Crippen LogP contribution in [0.2, 0.25) is 0 Å². The van der Waals surface area contributed by atoms with E-state index in [1.807, 2.05) is 28.8 Å². The van der Waals surface area contributed by atoms with Gasteiger partial charge in [-0.05, 0) is 54.4 Å². The SMILES string of the molecule is c1csc(-c2nc(CNCc3cc(CN4CCCCC4)cs3)no2)c1. The second kappa shape index (κ2) is 8.23. The number of nitrogens with zero attached hydrogens (tertiary/aromatic N) is 3. The van der Waals surface area contributed by atoms with Crippen LogP contribution in [0.15, 0.2) is 33.5 Å². The molecule has 5 nitrogen and oxygen atoms in total. The summed E-state index contributed by atoms with van der Waals surface area (Å²) >= 11 is 3.43. The van der Waals surface area contributed by atoms with Gasteiger partial charge in [-0.25, -0.2) is 0 Å². The van der Waals surface area contributed by atoms with Crippen molar-refractivity contribution in [1.82, 2.24) is 20.4 Å². The third-order valence-electron chi connectivity index (χ3n) is 4.35. The Morgan fingerprint density at radius 1 is 1.16 bits per heavy atom. The second-order valence-corrected chi connectivity index (χ2v) is 8.30. The maximum absolute atomic E-state index is 5.31. The highest BCUT2D eigenvalue weighted by molar-refractivity contribution is 7.13. The van der Waals surface area contributed by atoms with Crippen molar-refractivity contribution in [2.45, 2.75) is 38.9 Å². The Hall–Kier alpha value is -1.54. The predicted molar refractivity (Wildman–Crippen MR) is 102 cm³/mol. The molecule has 0 unspecified atom stereocenters. The van der Waals surface area contributed by atoms with Crippen molar-refractivity contribution in [2.24, 2.45) is 0 Å². The summed E-state index contributed by atoms with van der Waals surface area (Å²) in [5, 5.41) is 11.7. The quantitative estimate of drug-likeness (QED) is 0.674. The van der Waals surface area contributed by atoms with Gasteiger partial charge in [0.2, 0.25) is 0 Å². The molecule has 1 N–H and O–H groups in total. The van der Waals surface area contributed by atoms with Crippen LogP contribution in [-0.2, 0) is 19.6 Å². The van der Waals surface area contributed by atoms with Gasteiger partial charge in [-0.2, -0.15) is 4.98 Å². The Labute approximate surface area is 155 Å². The lowest BCUT2D eigenvalue weighted by molar-refractivity contribution is 0.221. The molecule has 1 saturated heterocycles. The molecule has 1 aliphatic rings. The average Bonchev–Trinajstić information content (AvgIpc) is 3.37. The van der Waals surface area contributed by atoms with Gasteiger partial charge in [0.25, 0.3) is 5.89 Å². The number of nitrogens with one attached hydrogen (secondary N) is 1. The fraction of sp³-hybridized carbons (Fsp3) is 0.444. The molecule has 3 aromatic heterocycles. The summed E-state index contributed by atoms with van der Waals surface area (Å²) in [4.78, 5) is 9.37. The lowest BCUT2D eigenvalue weighted by Crippen LogP contribution is -2.28. The molecule has 0 amide bonds. The maximum atomic E-state index is 5.31. The summed E-state index contributed by atoms with van der Waals surface area (Å²) in [6.45, 7) is 5.04. The first kappa shape index (κ1) is 16.9. The summed E-state index contributed by atoms with van der Waals surface area (Å²) < 4.78 is 5.31. The maximum Gasteiger partial charge on any atom is 0.268 e. The van der Waals surface area contributed by atoms with Crippen LogP contribution in [0.4, 0.5) is 0 Å². The van der Waals surface area contributed by atoms with Crippen LogP contribution in [0.1, 0.15) is 35.5 Å². The molecule has 132 valence electrons. The summed E-state index contributed by atoms with van der Waals surface area (Å²) in [5.74, 6) is 1.31. The molecule has 25 heavy (non-hydrogen) atoms. The zero-order valence-electron chi connectivity index (χ0n) is 14.1. The van der Waals surface area contributed by atoms with Gasteiger partial charge in [-0.3, -0.25) is 4.90 Å². The Morgan fingerprint density at radius 3 is 2.92 bits per heavy atom. The van der Waals surface area contributed by atoms with Gasteiger partial charge in [-0.15, -0.1) is 22.7 Å². The summed E-state index contributed by atoms with van der Waals surface area (Å²) in [7, 11) is 0. The smallest absolute Gasteiger partial charge is 0.268 e. The van der Waals surface area contributed by atoms with Crippen LogP contribution in [0, 0.1) is 0 Å². The summed E-state index contributed by atoms with van der Waals surface area (Å²) in [6, 6.07) is 6.30. The van der Waals surface area contributed by atoms with Gasteiger partial charge < -0.3 is 9.84 Å². The minimum absolute atomic E-state index is 0.603. The summed E-state index contributed by atoms with van der Waals surface area (Å²) in [5.41, 5.74) is 1.43. The molecule has 0 aliphatic carbocycles. The average molecular weight is 375 g/mol. The van der Waals surface area contributed by atoms with E-state index in [0.29, 0.717) is 18.3 Å². The molecule has 0 atom stereocenters. The highest BCUT2D eigenvalue weighted by atomic mass is 32.1. The number of hydrogen-bond acceptors (Lipinski definition) is 7. The van der Waals surface area contributed by atoms with Gasteiger partial charge in [0.15, 0.2) is 5.82 Å². The van der Waals surface area contributed by atoms with Gasteiger partial charge in [0, 0.05) is 18.0 Å². The van der Waals surface area contributed by atoms with E-state index in [4.69, 9.17) is 4.52 Å². The molecule has 0 radical (unpaired) electrons. The van der Waals surface area contributed by atoms with Gasteiger partial charge in [0.1, 0.15) is 0 Å². The van der Waals surface area contributed by atoms with E-state index >= 15 is 0 Å². The lowest BCUT2D eigenvalue weighted by Gasteiger charge is -2.25. The van der Waals surface area contributed by atoms with Crippen molar-refractivity contribution >= 4 is 22.7 Å². The molecule has 0 saturated carbocycles. The number of likely N-dealkylation sites (tertiary alicyclic amines) is 1. The van der Waals surface area contributed by atoms with Crippen LogP contribution in [0.5, 0.6) is 0 Å². The number of rotatable bonds is 7. The first-order valence-electron chi connectivity index (χ1n) is 8.72. The van der Waals surface area contributed by atoms with E-state index < -0.39 is 0 Å². The molecule has 0 spiro atoms. The zero-order chi connectivity index (χ0) is 16.9. The minimum atomic E-state index is 0.603. The first-order valence-corrected chi connectivity index (χ1v) is 10.5. The van der Waals surface area contributed by atoms with Crippen molar-refractivity contribution in [3.8, 4) is 10.8 Å². The van der Waals surface area contributed by atoms with E-state index in [2.05, 4.69) is 31.8 Å². The van der Waals surface area contributed by atoms with E-state index in [0.717, 1.165) is 18.0 Å². The van der Waals surface area contributed by atoms with Crippen molar-refractivity contribution < 1.29 is 4.52 Å². The van der Waals surface area contributed by atoms with Crippen LogP contribution in [-0.4, -0.2) is 28.1 Å². The van der Waals surface area contributed by atoms with Gasteiger partial charge in [0.05, 0.1) is 11.4 Å². The third kappa shape index (κ3) is 4.55. The molecule has 0 aromatic carbocycles. The first-order chi connectivity index (χ1) is 12.4. The van der Waals surface area contributed by atoms with Crippen molar-refractivity contribution in [1.29, 1.82) is 0 Å². The van der Waals surface area contributed by atoms with E-state index in [1.165, 1.54) is 42.8 Å². The van der Waals surface area contributed by atoms with Crippen LogP contribution < -0.4 is 5.32 Å². The molecular weight excluding hydrogens is 352 g/mol. The van der Waals surface area contributed by atoms with Crippen molar-refractivity contribution in [3.63, 3.8) is 0 Å². The van der Waals surface area contributed by atoms with Gasteiger partial charge in [-0.1, -0.05) is 17.6 Å². The molecule has 1 aliphatic heterocycles. The molecule has 3 aromatic rings. The molecule has 4 heterocycles. The Kier molecular flexibility index (Phi) is 5.56. The van der Waals surface area contributed by atoms with Gasteiger partial charge >= 0.3 is 0 Å². The third-order valence-corrected chi connectivity index (χ3v) is 6.19. The number of hydrogen-bond donors (Lipinski definition) is 1. The highest BCUT2D eigenvalue weighted by Gasteiger charge is 2.12. The van der Waals surface area contributed by atoms with Crippen molar-refractivity contribution in [2.75, 3.05) is 13.1 Å². The second-order valence-electron chi connectivity index (χ2n) is 6.35. The predicted octanol–water partition coefficient (Wildman–Crippen LogP) is 4.14. The Morgan fingerprint density at radius 2 is 2.08 bits per heavy atom. The molecule has 4 rings (SSSR count). The number of thiophene rings is 2. The minimum Gasteiger partial charge on any atom is -0.333 e. The van der Waals surface area contributed by atoms with Crippen LogP contribution in [0.3, 0.4) is 0 Å². The normalized spacial score (nSPS) is 15.7. The monoisotopic (exact) mass is 374 g/mol.